The lowest BCUT2D eigenvalue weighted by atomic mass is 10.2. The Morgan fingerprint density at radius 2 is 2.00 bits per heavy atom. The van der Waals surface area contributed by atoms with E-state index in [9.17, 15) is 8.42 Å². The lowest BCUT2D eigenvalue weighted by Gasteiger charge is -2.11. The Labute approximate surface area is 135 Å². The first kappa shape index (κ1) is 16.6. The summed E-state index contributed by atoms with van der Waals surface area (Å²) in [5.41, 5.74) is 2.24. The van der Waals surface area contributed by atoms with Crippen molar-refractivity contribution in [2.24, 2.45) is 0 Å². The van der Waals surface area contributed by atoms with Crippen LogP contribution in [0.1, 0.15) is 18.9 Å². The van der Waals surface area contributed by atoms with Gasteiger partial charge < -0.3 is 5.32 Å². The molecule has 0 radical (unpaired) electrons. The smallest absolute Gasteiger partial charge is 0.232 e. The molecule has 0 saturated heterocycles. The van der Waals surface area contributed by atoms with Gasteiger partial charge in [-0.15, -0.1) is 0 Å². The molecule has 2 N–H and O–H groups in total. The van der Waals surface area contributed by atoms with Gasteiger partial charge in [-0.2, -0.15) is 0 Å². The van der Waals surface area contributed by atoms with Gasteiger partial charge in [0.05, 0.1) is 17.6 Å². The van der Waals surface area contributed by atoms with Gasteiger partial charge in [-0.3, -0.25) is 4.72 Å². The monoisotopic (exact) mass is 339 g/mol. The average Bonchev–Trinajstić information content (AvgIpc) is 2.45. The van der Waals surface area contributed by atoms with E-state index >= 15 is 0 Å². The zero-order valence-electron chi connectivity index (χ0n) is 12.4. The van der Waals surface area contributed by atoms with Crippen molar-refractivity contribution in [1.29, 1.82) is 0 Å². The molecule has 0 amide bonds. The number of sulfonamides is 1. The standard InChI is InChI=1S/C15H18ClN3O2S/c1-3-9-22(20,21)19-12-7-8-15(17-10-12)18-14-6-4-5-13(16)11(14)2/h4-8,10,19H,3,9H2,1-2H3,(H,17,18). The van der Waals surface area contributed by atoms with Gasteiger partial charge in [0.2, 0.25) is 10.0 Å². The van der Waals surface area contributed by atoms with Crippen molar-refractivity contribution in [3.63, 3.8) is 0 Å². The lowest BCUT2D eigenvalue weighted by molar-refractivity contribution is 0.600. The van der Waals surface area contributed by atoms with E-state index in [0.29, 0.717) is 22.9 Å². The molecule has 118 valence electrons. The summed E-state index contributed by atoms with van der Waals surface area (Å²) >= 11 is 6.07. The molecule has 1 aromatic carbocycles. The van der Waals surface area contributed by atoms with Gasteiger partial charge in [0.15, 0.2) is 0 Å². The van der Waals surface area contributed by atoms with Crippen LogP contribution in [0.5, 0.6) is 0 Å². The second-order valence-electron chi connectivity index (χ2n) is 4.89. The van der Waals surface area contributed by atoms with Crippen molar-refractivity contribution in [3.8, 4) is 0 Å². The second kappa shape index (κ2) is 6.98. The molecule has 1 heterocycles. The summed E-state index contributed by atoms with van der Waals surface area (Å²) in [7, 11) is -3.30. The van der Waals surface area contributed by atoms with E-state index in [-0.39, 0.29) is 5.75 Å². The minimum absolute atomic E-state index is 0.0920. The van der Waals surface area contributed by atoms with Gasteiger partial charge in [0.25, 0.3) is 0 Å². The maximum atomic E-state index is 11.7. The Hall–Kier alpha value is -1.79. The van der Waals surface area contributed by atoms with Gasteiger partial charge in [0, 0.05) is 10.7 Å². The number of halogens is 1. The van der Waals surface area contributed by atoms with Crippen LogP contribution in [0.4, 0.5) is 17.2 Å². The number of hydrogen-bond donors (Lipinski definition) is 2. The SMILES string of the molecule is CCCS(=O)(=O)Nc1ccc(Nc2cccc(Cl)c2C)nc1. The van der Waals surface area contributed by atoms with Crippen LogP contribution in [0.3, 0.4) is 0 Å². The van der Waals surface area contributed by atoms with E-state index in [4.69, 9.17) is 11.6 Å². The van der Waals surface area contributed by atoms with Gasteiger partial charge in [0.1, 0.15) is 5.82 Å². The largest absolute Gasteiger partial charge is 0.340 e. The van der Waals surface area contributed by atoms with Crippen molar-refractivity contribution < 1.29 is 8.42 Å². The predicted molar refractivity (Wildman–Crippen MR) is 91.4 cm³/mol. The van der Waals surface area contributed by atoms with E-state index in [2.05, 4.69) is 15.0 Å². The molecule has 7 heteroatoms. The summed E-state index contributed by atoms with van der Waals surface area (Å²) in [6, 6.07) is 8.96. The fourth-order valence-corrected chi connectivity index (χ4v) is 3.20. The predicted octanol–water partition coefficient (Wildman–Crippen LogP) is 3.94. The summed E-state index contributed by atoms with van der Waals surface area (Å²) in [6.07, 6.45) is 2.05. The molecule has 0 aliphatic heterocycles. The highest BCUT2D eigenvalue weighted by molar-refractivity contribution is 7.92. The van der Waals surface area contributed by atoms with E-state index < -0.39 is 10.0 Å². The molecular formula is C15H18ClN3O2S. The molecule has 0 fully saturated rings. The number of nitrogens with zero attached hydrogens (tertiary/aromatic N) is 1. The van der Waals surface area contributed by atoms with Crippen LogP contribution >= 0.6 is 11.6 Å². The van der Waals surface area contributed by atoms with Gasteiger partial charge in [-0.1, -0.05) is 24.6 Å². The molecule has 2 rings (SSSR count). The molecular weight excluding hydrogens is 322 g/mol. The van der Waals surface area contributed by atoms with Gasteiger partial charge in [-0.05, 0) is 43.2 Å². The first-order valence-electron chi connectivity index (χ1n) is 6.90. The minimum atomic E-state index is -3.30. The van der Waals surface area contributed by atoms with Crippen LogP contribution < -0.4 is 10.0 Å². The summed E-state index contributed by atoms with van der Waals surface area (Å²) in [5.74, 6) is 0.707. The van der Waals surface area contributed by atoms with Crippen molar-refractivity contribution in [2.75, 3.05) is 15.8 Å². The molecule has 0 aliphatic rings. The van der Waals surface area contributed by atoms with Crippen LogP contribution in [0, 0.1) is 6.92 Å². The Bertz CT molecular complexity index is 746. The summed E-state index contributed by atoms with van der Waals surface area (Å²) in [6.45, 7) is 3.73. The van der Waals surface area contributed by atoms with Gasteiger partial charge >= 0.3 is 0 Å². The maximum absolute atomic E-state index is 11.7. The number of hydrogen-bond acceptors (Lipinski definition) is 4. The average molecular weight is 340 g/mol. The molecule has 5 nitrogen and oxygen atoms in total. The summed E-state index contributed by atoms with van der Waals surface area (Å²) in [4.78, 5) is 4.21. The third-order valence-corrected chi connectivity index (χ3v) is 4.94. The Morgan fingerprint density at radius 1 is 1.23 bits per heavy atom. The maximum Gasteiger partial charge on any atom is 0.232 e. The highest BCUT2D eigenvalue weighted by Gasteiger charge is 2.09. The molecule has 0 unspecified atom stereocenters. The number of benzene rings is 1. The van der Waals surface area contributed by atoms with Crippen LogP contribution in [0.25, 0.3) is 0 Å². The van der Waals surface area contributed by atoms with Crippen molar-refractivity contribution in [1.82, 2.24) is 4.98 Å². The first-order valence-corrected chi connectivity index (χ1v) is 8.93. The molecule has 1 aromatic heterocycles. The van der Waals surface area contributed by atoms with Gasteiger partial charge in [-0.25, -0.2) is 13.4 Å². The second-order valence-corrected chi connectivity index (χ2v) is 7.14. The number of pyridine rings is 1. The molecule has 0 saturated carbocycles. The topological polar surface area (TPSA) is 71.1 Å². The number of anilines is 3. The molecule has 22 heavy (non-hydrogen) atoms. The van der Waals surface area contributed by atoms with Crippen LogP contribution in [0.15, 0.2) is 36.5 Å². The molecule has 0 bridgehead atoms. The first-order chi connectivity index (χ1) is 10.4. The normalized spacial score (nSPS) is 11.2. The van der Waals surface area contributed by atoms with Crippen molar-refractivity contribution in [3.05, 3.63) is 47.1 Å². The zero-order valence-corrected chi connectivity index (χ0v) is 14.0. The zero-order chi connectivity index (χ0) is 16.2. The fraction of sp³-hybridized carbons (Fsp3) is 0.267. The fourth-order valence-electron chi connectivity index (χ4n) is 1.91. The van der Waals surface area contributed by atoms with Crippen LogP contribution in [-0.2, 0) is 10.0 Å². The Balaban J connectivity index is 2.11. The number of nitrogens with one attached hydrogen (secondary N) is 2. The summed E-state index contributed by atoms with van der Waals surface area (Å²) in [5, 5.41) is 3.83. The quantitative estimate of drug-likeness (QED) is 0.836. The van der Waals surface area contributed by atoms with Crippen molar-refractivity contribution in [2.45, 2.75) is 20.3 Å². The number of aromatic nitrogens is 1. The molecule has 0 aliphatic carbocycles. The third kappa shape index (κ3) is 4.35. The van der Waals surface area contributed by atoms with Crippen LogP contribution in [-0.4, -0.2) is 19.2 Å². The molecule has 2 aromatic rings. The van der Waals surface area contributed by atoms with E-state index in [1.165, 1.54) is 6.20 Å². The minimum Gasteiger partial charge on any atom is -0.340 e. The Kier molecular flexibility index (Phi) is 5.26. The van der Waals surface area contributed by atoms with E-state index in [1.54, 1.807) is 12.1 Å². The third-order valence-electron chi connectivity index (χ3n) is 3.04. The van der Waals surface area contributed by atoms with E-state index in [0.717, 1.165) is 11.3 Å². The highest BCUT2D eigenvalue weighted by Crippen LogP contribution is 2.25. The van der Waals surface area contributed by atoms with Crippen molar-refractivity contribution >= 4 is 38.8 Å². The number of rotatable bonds is 6. The van der Waals surface area contributed by atoms with E-state index in [1.807, 2.05) is 32.0 Å². The molecule has 0 atom stereocenters. The highest BCUT2D eigenvalue weighted by atomic mass is 35.5. The Morgan fingerprint density at radius 3 is 2.64 bits per heavy atom. The lowest BCUT2D eigenvalue weighted by Crippen LogP contribution is -2.16. The summed E-state index contributed by atoms with van der Waals surface area (Å²) < 4.78 is 25.9. The van der Waals surface area contributed by atoms with Crippen LogP contribution in [0.2, 0.25) is 5.02 Å². The molecule has 0 spiro atoms.